The van der Waals surface area contributed by atoms with Gasteiger partial charge in [-0.25, -0.2) is 4.98 Å². The van der Waals surface area contributed by atoms with Gasteiger partial charge in [-0.2, -0.15) is 0 Å². The molecular formula is C13H14ClN3O. The standard InChI is InChI=1S/C13H14ClN3O/c1-9(13(15)18)17-6-5-16-12(17)8-10-3-2-4-11(14)7-10/h2-7,9H,8H2,1H3,(H2,15,18). The van der Waals surface area contributed by atoms with E-state index >= 15 is 0 Å². The van der Waals surface area contributed by atoms with Gasteiger partial charge in [0.15, 0.2) is 0 Å². The van der Waals surface area contributed by atoms with Crippen molar-refractivity contribution in [2.45, 2.75) is 19.4 Å². The Balaban J connectivity index is 2.25. The van der Waals surface area contributed by atoms with Crippen LogP contribution in [0.2, 0.25) is 5.02 Å². The lowest BCUT2D eigenvalue weighted by Crippen LogP contribution is -2.25. The topological polar surface area (TPSA) is 60.9 Å². The third kappa shape index (κ3) is 2.71. The van der Waals surface area contributed by atoms with Gasteiger partial charge in [0.25, 0.3) is 0 Å². The van der Waals surface area contributed by atoms with Gasteiger partial charge in [-0.05, 0) is 24.6 Å². The molecule has 1 aromatic carbocycles. The molecular weight excluding hydrogens is 250 g/mol. The number of rotatable bonds is 4. The van der Waals surface area contributed by atoms with Gasteiger partial charge in [0, 0.05) is 23.8 Å². The number of nitrogens with two attached hydrogens (primary N) is 1. The minimum atomic E-state index is -0.401. The number of hydrogen-bond donors (Lipinski definition) is 1. The van der Waals surface area contributed by atoms with Crippen LogP contribution in [-0.4, -0.2) is 15.5 Å². The van der Waals surface area contributed by atoms with Crippen LogP contribution in [0, 0.1) is 0 Å². The molecule has 5 heteroatoms. The van der Waals surface area contributed by atoms with E-state index in [1.165, 1.54) is 0 Å². The molecule has 2 rings (SSSR count). The highest BCUT2D eigenvalue weighted by molar-refractivity contribution is 6.30. The Morgan fingerprint density at radius 1 is 1.56 bits per heavy atom. The summed E-state index contributed by atoms with van der Waals surface area (Å²) in [7, 11) is 0. The number of carbonyl (C=O) groups excluding carboxylic acids is 1. The summed E-state index contributed by atoms with van der Waals surface area (Å²) < 4.78 is 1.78. The van der Waals surface area contributed by atoms with E-state index in [1.807, 2.05) is 24.3 Å². The minimum Gasteiger partial charge on any atom is -0.368 e. The Bertz CT molecular complexity index is 565. The lowest BCUT2D eigenvalue weighted by atomic mass is 10.1. The lowest BCUT2D eigenvalue weighted by Gasteiger charge is -2.13. The van der Waals surface area contributed by atoms with E-state index in [1.54, 1.807) is 23.9 Å². The lowest BCUT2D eigenvalue weighted by molar-refractivity contribution is -0.120. The zero-order valence-electron chi connectivity index (χ0n) is 10.0. The van der Waals surface area contributed by atoms with E-state index in [-0.39, 0.29) is 5.91 Å². The summed E-state index contributed by atoms with van der Waals surface area (Å²) in [6, 6.07) is 7.17. The molecule has 94 valence electrons. The number of aromatic nitrogens is 2. The molecule has 1 unspecified atom stereocenters. The van der Waals surface area contributed by atoms with Crippen molar-refractivity contribution in [1.29, 1.82) is 0 Å². The number of halogens is 1. The Kier molecular flexibility index (Phi) is 3.67. The molecule has 4 nitrogen and oxygen atoms in total. The van der Waals surface area contributed by atoms with Crippen LogP contribution in [0.1, 0.15) is 24.4 Å². The first-order valence-electron chi connectivity index (χ1n) is 5.63. The highest BCUT2D eigenvalue weighted by Gasteiger charge is 2.14. The van der Waals surface area contributed by atoms with Crippen LogP contribution in [0.3, 0.4) is 0 Å². The van der Waals surface area contributed by atoms with Crippen molar-refractivity contribution in [2.75, 3.05) is 0 Å². The Morgan fingerprint density at radius 3 is 3.00 bits per heavy atom. The quantitative estimate of drug-likeness (QED) is 0.919. The Hall–Kier alpha value is -1.81. The van der Waals surface area contributed by atoms with Crippen LogP contribution in [0.25, 0.3) is 0 Å². The van der Waals surface area contributed by atoms with Crippen LogP contribution in [0.15, 0.2) is 36.7 Å². The maximum Gasteiger partial charge on any atom is 0.240 e. The smallest absolute Gasteiger partial charge is 0.240 e. The summed E-state index contributed by atoms with van der Waals surface area (Å²) in [5.74, 6) is 0.420. The van der Waals surface area contributed by atoms with E-state index in [4.69, 9.17) is 17.3 Å². The van der Waals surface area contributed by atoms with Crippen LogP contribution >= 0.6 is 11.6 Å². The second kappa shape index (κ2) is 5.23. The SMILES string of the molecule is CC(C(N)=O)n1ccnc1Cc1cccc(Cl)c1. The van der Waals surface area contributed by atoms with Crippen molar-refractivity contribution in [3.63, 3.8) is 0 Å². The number of hydrogen-bond acceptors (Lipinski definition) is 2. The van der Waals surface area contributed by atoms with E-state index in [0.717, 1.165) is 11.4 Å². The second-order valence-electron chi connectivity index (χ2n) is 4.14. The summed E-state index contributed by atoms with van der Waals surface area (Å²) in [6.07, 6.45) is 4.04. The fraction of sp³-hybridized carbons (Fsp3) is 0.231. The van der Waals surface area contributed by atoms with Gasteiger partial charge >= 0.3 is 0 Å². The predicted molar refractivity (Wildman–Crippen MR) is 70.4 cm³/mol. The number of imidazole rings is 1. The second-order valence-corrected chi connectivity index (χ2v) is 4.57. The molecule has 0 radical (unpaired) electrons. The first kappa shape index (κ1) is 12.6. The maximum atomic E-state index is 11.2. The van der Waals surface area contributed by atoms with Crippen molar-refractivity contribution < 1.29 is 4.79 Å². The van der Waals surface area contributed by atoms with Crippen LogP contribution in [-0.2, 0) is 11.2 Å². The van der Waals surface area contributed by atoms with Gasteiger partial charge in [0.2, 0.25) is 5.91 Å². The highest BCUT2D eigenvalue weighted by atomic mass is 35.5. The fourth-order valence-electron chi connectivity index (χ4n) is 1.80. The number of carbonyl (C=O) groups is 1. The normalized spacial score (nSPS) is 12.3. The third-order valence-electron chi connectivity index (χ3n) is 2.83. The molecule has 2 aromatic rings. The number of benzene rings is 1. The van der Waals surface area contributed by atoms with E-state index < -0.39 is 6.04 Å². The molecule has 0 aliphatic rings. The van der Waals surface area contributed by atoms with Crippen LogP contribution < -0.4 is 5.73 Å². The van der Waals surface area contributed by atoms with Crippen LogP contribution in [0.5, 0.6) is 0 Å². The van der Waals surface area contributed by atoms with Crippen molar-refractivity contribution in [3.05, 3.63) is 53.1 Å². The van der Waals surface area contributed by atoms with Gasteiger partial charge in [0.1, 0.15) is 11.9 Å². The van der Waals surface area contributed by atoms with Crippen molar-refractivity contribution >= 4 is 17.5 Å². The fourth-order valence-corrected chi connectivity index (χ4v) is 2.01. The van der Waals surface area contributed by atoms with E-state index in [0.29, 0.717) is 11.4 Å². The summed E-state index contributed by atoms with van der Waals surface area (Å²) in [4.78, 5) is 15.5. The molecule has 0 fully saturated rings. The average molecular weight is 264 g/mol. The van der Waals surface area contributed by atoms with E-state index in [9.17, 15) is 4.79 Å². The average Bonchev–Trinajstić information content (AvgIpc) is 2.76. The highest BCUT2D eigenvalue weighted by Crippen LogP contribution is 2.16. The molecule has 0 saturated carbocycles. The van der Waals surface area contributed by atoms with Crippen molar-refractivity contribution in [1.82, 2.24) is 9.55 Å². The van der Waals surface area contributed by atoms with Gasteiger partial charge in [-0.3, -0.25) is 4.79 Å². The van der Waals surface area contributed by atoms with Gasteiger partial charge in [-0.1, -0.05) is 23.7 Å². The number of nitrogens with zero attached hydrogens (tertiary/aromatic N) is 2. The van der Waals surface area contributed by atoms with Crippen molar-refractivity contribution in [3.8, 4) is 0 Å². The van der Waals surface area contributed by atoms with Gasteiger partial charge < -0.3 is 10.3 Å². The first-order chi connectivity index (χ1) is 8.58. The summed E-state index contributed by atoms with van der Waals surface area (Å²) in [6.45, 7) is 1.76. The predicted octanol–water partition coefficient (Wildman–Crippen LogP) is 2.17. The summed E-state index contributed by atoms with van der Waals surface area (Å²) in [5.41, 5.74) is 6.35. The molecule has 1 aromatic heterocycles. The number of amides is 1. The summed E-state index contributed by atoms with van der Waals surface area (Å²) in [5, 5.41) is 0.688. The molecule has 18 heavy (non-hydrogen) atoms. The van der Waals surface area contributed by atoms with E-state index in [2.05, 4.69) is 4.98 Å². The molecule has 0 saturated heterocycles. The van der Waals surface area contributed by atoms with Crippen LogP contribution in [0.4, 0.5) is 0 Å². The Labute approximate surface area is 110 Å². The monoisotopic (exact) mass is 263 g/mol. The van der Waals surface area contributed by atoms with Gasteiger partial charge in [0.05, 0.1) is 0 Å². The molecule has 1 atom stereocenters. The van der Waals surface area contributed by atoms with Gasteiger partial charge in [-0.15, -0.1) is 0 Å². The minimum absolute atomic E-state index is 0.375. The number of primary amides is 1. The zero-order chi connectivity index (χ0) is 13.1. The molecule has 1 heterocycles. The molecule has 0 aliphatic carbocycles. The molecule has 0 spiro atoms. The zero-order valence-corrected chi connectivity index (χ0v) is 10.8. The molecule has 0 aliphatic heterocycles. The summed E-state index contributed by atoms with van der Waals surface area (Å²) >= 11 is 5.94. The largest absolute Gasteiger partial charge is 0.368 e. The molecule has 2 N–H and O–H groups in total. The first-order valence-corrected chi connectivity index (χ1v) is 6.01. The van der Waals surface area contributed by atoms with Crippen molar-refractivity contribution in [2.24, 2.45) is 5.73 Å². The Morgan fingerprint density at radius 2 is 2.33 bits per heavy atom. The molecule has 0 bridgehead atoms. The molecule has 1 amide bonds. The third-order valence-corrected chi connectivity index (χ3v) is 3.06. The maximum absolute atomic E-state index is 11.2.